The summed E-state index contributed by atoms with van der Waals surface area (Å²) in [4.78, 5) is 15.9. The van der Waals surface area contributed by atoms with Gasteiger partial charge in [-0.2, -0.15) is 0 Å². The van der Waals surface area contributed by atoms with E-state index in [4.69, 9.17) is 32.7 Å². The van der Waals surface area contributed by atoms with Crippen LogP contribution in [0.15, 0.2) is 52.4 Å². The maximum Gasteiger partial charge on any atom is 0.327 e. The van der Waals surface area contributed by atoms with E-state index in [2.05, 4.69) is 9.71 Å². The number of nitrogens with one attached hydrogen (secondary N) is 1. The van der Waals surface area contributed by atoms with Crippen LogP contribution in [0.25, 0.3) is 0 Å². The van der Waals surface area contributed by atoms with Gasteiger partial charge in [0.1, 0.15) is 25.6 Å². The first-order chi connectivity index (χ1) is 12.9. The van der Waals surface area contributed by atoms with E-state index in [-0.39, 0.29) is 30.5 Å². The predicted molar refractivity (Wildman–Crippen MR) is 101 cm³/mol. The van der Waals surface area contributed by atoms with Gasteiger partial charge in [-0.05, 0) is 24.3 Å². The Morgan fingerprint density at radius 1 is 1.04 bits per heavy atom. The largest absolute Gasteiger partial charge is 0.487 e. The molecule has 142 valence electrons. The molecule has 2 aromatic carbocycles. The number of ether oxygens (including phenoxy) is 2. The van der Waals surface area contributed by atoms with Crippen LogP contribution in [0.2, 0.25) is 10.0 Å². The Morgan fingerprint density at radius 3 is 2.48 bits per heavy atom. The number of para-hydroxylation sites is 1. The van der Waals surface area contributed by atoms with Gasteiger partial charge in [-0.15, -0.1) is 0 Å². The van der Waals surface area contributed by atoms with Gasteiger partial charge in [-0.1, -0.05) is 41.4 Å². The Kier molecular flexibility index (Phi) is 5.88. The molecule has 0 aromatic heterocycles. The van der Waals surface area contributed by atoms with Crippen molar-refractivity contribution in [2.24, 2.45) is 4.99 Å². The highest BCUT2D eigenvalue weighted by molar-refractivity contribution is 7.90. The van der Waals surface area contributed by atoms with Crippen LogP contribution in [0.5, 0.6) is 5.75 Å². The zero-order valence-corrected chi connectivity index (χ0v) is 16.1. The number of carbonyl (C=O) groups is 1. The average molecular weight is 429 g/mol. The zero-order chi connectivity index (χ0) is 19.4. The van der Waals surface area contributed by atoms with Gasteiger partial charge in [-0.25, -0.2) is 8.42 Å². The molecule has 0 saturated heterocycles. The molecule has 1 N–H and O–H groups in total. The number of hydrogen-bond acceptors (Lipinski definition) is 6. The Hall–Kier alpha value is -2.29. The van der Waals surface area contributed by atoms with E-state index in [1.807, 2.05) is 0 Å². The van der Waals surface area contributed by atoms with Crippen molar-refractivity contribution < 1.29 is 22.7 Å². The molecular weight excluding hydrogens is 415 g/mol. The van der Waals surface area contributed by atoms with E-state index in [1.54, 1.807) is 36.4 Å². The van der Waals surface area contributed by atoms with Crippen molar-refractivity contribution in [3.8, 4) is 5.75 Å². The Bertz CT molecular complexity index is 988. The summed E-state index contributed by atoms with van der Waals surface area (Å²) in [5.41, 5.74) is 0.419. The molecule has 0 bridgehead atoms. The van der Waals surface area contributed by atoms with Crippen molar-refractivity contribution in [3.05, 3.63) is 58.1 Å². The minimum Gasteiger partial charge on any atom is -0.487 e. The number of halogens is 2. The number of carbonyl (C=O) groups excluding carboxylic acids is 1. The van der Waals surface area contributed by atoms with Gasteiger partial charge in [0.05, 0.1) is 14.9 Å². The topological polar surface area (TPSA) is 94.1 Å². The van der Waals surface area contributed by atoms with Crippen LogP contribution in [0, 0.1) is 0 Å². The van der Waals surface area contributed by atoms with Crippen molar-refractivity contribution in [1.29, 1.82) is 0 Å². The lowest BCUT2D eigenvalue weighted by atomic mass is 10.2. The molecule has 2 aromatic rings. The average Bonchev–Trinajstić information content (AvgIpc) is 2.90. The van der Waals surface area contributed by atoms with E-state index < -0.39 is 16.0 Å². The number of benzene rings is 2. The molecule has 0 saturated carbocycles. The van der Waals surface area contributed by atoms with Crippen LogP contribution < -0.4 is 9.46 Å². The molecule has 7 nitrogen and oxygen atoms in total. The number of rotatable bonds is 6. The van der Waals surface area contributed by atoms with E-state index >= 15 is 0 Å². The number of nitrogens with zero attached hydrogens (tertiary/aromatic N) is 1. The Balaban J connectivity index is 1.52. The molecule has 10 heteroatoms. The van der Waals surface area contributed by atoms with Crippen molar-refractivity contribution in [3.63, 3.8) is 0 Å². The maximum atomic E-state index is 12.0. The SMILES string of the molecule is O=C(CN=C1NS(=O)(=O)c2ccccc21)OCCOc1c(Cl)cccc1Cl. The lowest BCUT2D eigenvalue weighted by Crippen LogP contribution is -2.23. The molecule has 3 rings (SSSR count). The van der Waals surface area contributed by atoms with Crippen molar-refractivity contribution in [1.82, 2.24) is 4.72 Å². The summed E-state index contributed by atoms with van der Waals surface area (Å²) in [5, 5.41) is 0.708. The smallest absolute Gasteiger partial charge is 0.327 e. The third kappa shape index (κ3) is 4.52. The summed E-state index contributed by atoms with van der Waals surface area (Å²) in [6.07, 6.45) is 0. The van der Waals surface area contributed by atoms with Gasteiger partial charge < -0.3 is 9.47 Å². The van der Waals surface area contributed by atoms with Crippen LogP contribution in [-0.4, -0.2) is 40.0 Å². The normalized spacial score (nSPS) is 15.9. The summed E-state index contributed by atoms with van der Waals surface area (Å²) < 4.78 is 36.6. The minimum atomic E-state index is -3.64. The molecule has 0 spiro atoms. The summed E-state index contributed by atoms with van der Waals surface area (Å²) in [7, 11) is -3.64. The predicted octanol–water partition coefficient (Wildman–Crippen LogP) is 2.65. The highest BCUT2D eigenvalue weighted by atomic mass is 35.5. The third-order valence-electron chi connectivity index (χ3n) is 3.54. The van der Waals surface area contributed by atoms with Crippen LogP contribution in [0.4, 0.5) is 0 Å². The number of fused-ring (bicyclic) bond motifs is 1. The van der Waals surface area contributed by atoms with E-state index in [0.29, 0.717) is 21.4 Å². The summed E-state index contributed by atoms with van der Waals surface area (Å²) in [6.45, 7) is -0.312. The van der Waals surface area contributed by atoms with Gasteiger partial charge in [0.15, 0.2) is 5.75 Å². The van der Waals surface area contributed by atoms with Crippen molar-refractivity contribution in [2.75, 3.05) is 19.8 Å². The standard InChI is InChI=1S/C17H14Cl2N2O5S/c18-12-5-3-6-13(19)16(12)26-9-8-25-15(22)10-20-17-11-4-1-2-7-14(11)27(23,24)21-17/h1-7H,8-10H2,(H,20,21). The lowest BCUT2D eigenvalue weighted by Gasteiger charge is -2.09. The molecule has 27 heavy (non-hydrogen) atoms. The Labute approximate surface area is 166 Å². The second-order valence-corrected chi connectivity index (χ2v) is 7.85. The van der Waals surface area contributed by atoms with Crippen molar-refractivity contribution in [2.45, 2.75) is 4.90 Å². The van der Waals surface area contributed by atoms with Gasteiger partial charge >= 0.3 is 5.97 Å². The molecule has 0 aliphatic carbocycles. The summed E-state index contributed by atoms with van der Waals surface area (Å²) in [6, 6.07) is 11.3. The number of hydrogen-bond donors (Lipinski definition) is 1. The second kappa shape index (κ2) is 8.16. The van der Waals surface area contributed by atoms with Gasteiger partial charge in [-0.3, -0.25) is 14.5 Å². The fraction of sp³-hybridized carbons (Fsp3) is 0.176. The molecular formula is C17H14Cl2N2O5S. The third-order valence-corrected chi connectivity index (χ3v) is 5.53. The fourth-order valence-corrected chi connectivity index (χ4v) is 4.12. The fourth-order valence-electron chi connectivity index (χ4n) is 2.36. The first kappa shape index (κ1) is 19.5. The lowest BCUT2D eigenvalue weighted by molar-refractivity contribution is -0.142. The van der Waals surface area contributed by atoms with Gasteiger partial charge in [0, 0.05) is 5.56 Å². The van der Waals surface area contributed by atoms with Crippen molar-refractivity contribution >= 4 is 45.0 Å². The summed E-state index contributed by atoms with van der Waals surface area (Å²) >= 11 is 11.9. The van der Waals surface area contributed by atoms with Crippen LogP contribution >= 0.6 is 23.2 Å². The Morgan fingerprint density at radius 2 is 1.74 bits per heavy atom. The molecule has 0 amide bonds. The molecule has 1 aliphatic rings. The zero-order valence-electron chi connectivity index (χ0n) is 13.8. The van der Waals surface area contributed by atoms with E-state index in [1.165, 1.54) is 6.07 Å². The minimum absolute atomic E-state index is 0.0342. The van der Waals surface area contributed by atoms with Crippen LogP contribution in [-0.2, 0) is 19.6 Å². The molecule has 1 aliphatic heterocycles. The second-order valence-electron chi connectivity index (χ2n) is 5.39. The number of aliphatic imine (C=N–C) groups is 1. The molecule has 0 unspecified atom stereocenters. The van der Waals surface area contributed by atoms with E-state index in [0.717, 1.165) is 0 Å². The molecule has 0 fully saturated rings. The van der Waals surface area contributed by atoms with E-state index in [9.17, 15) is 13.2 Å². The maximum absolute atomic E-state index is 12.0. The first-order valence-corrected chi connectivity index (χ1v) is 10.0. The molecule has 0 atom stereocenters. The quantitative estimate of drug-likeness (QED) is 0.563. The highest BCUT2D eigenvalue weighted by Gasteiger charge is 2.30. The summed E-state index contributed by atoms with van der Waals surface area (Å²) in [5.74, 6) is -0.198. The van der Waals surface area contributed by atoms with Crippen LogP contribution in [0.3, 0.4) is 0 Å². The molecule has 0 radical (unpaired) electrons. The van der Waals surface area contributed by atoms with Gasteiger partial charge in [0.25, 0.3) is 10.0 Å². The number of sulfonamides is 1. The van der Waals surface area contributed by atoms with Gasteiger partial charge in [0.2, 0.25) is 0 Å². The highest BCUT2D eigenvalue weighted by Crippen LogP contribution is 2.32. The van der Waals surface area contributed by atoms with Crippen LogP contribution in [0.1, 0.15) is 5.56 Å². The molecule has 1 heterocycles. The monoisotopic (exact) mass is 428 g/mol. The number of esters is 1. The first-order valence-electron chi connectivity index (χ1n) is 7.77. The number of amidine groups is 1.